The van der Waals surface area contributed by atoms with Gasteiger partial charge in [0.05, 0.1) is 18.8 Å². The zero-order chi connectivity index (χ0) is 12.3. The molecule has 0 spiro atoms. The van der Waals surface area contributed by atoms with Crippen LogP contribution in [0.15, 0.2) is 27.8 Å². The highest BCUT2D eigenvalue weighted by Crippen LogP contribution is 2.17. The smallest absolute Gasteiger partial charge is 0.193 e. The van der Waals surface area contributed by atoms with Crippen molar-refractivity contribution in [3.05, 3.63) is 24.2 Å². The molecule has 5 heteroatoms. The van der Waals surface area contributed by atoms with Crippen LogP contribution in [-0.4, -0.2) is 56.5 Å². The predicted octanol–water partition coefficient (Wildman–Crippen LogP) is 0.773. The number of nitrogens with zero attached hydrogens (tertiary/aromatic N) is 3. The van der Waals surface area contributed by atoms with Gasteiger partial charge in [-0.05, 0) is 26.2 Å². The number of furan rings is 1. The second-order valence-corrected chi connectivity index (χ2v) is 4.50. The van der Waals surface area contributed by atoms with Crippen molar-refractivity contribution in [2.75, 3.05) is 40.8 Å². The summed E-state index contributed by atoms with van der Waals surface area (Å²) in [5.74, 6) is 1.95. The van der Waals surface area contributed by atoms with Gasteiger partial charge in [-0.2, -0.15) is 0 Å². The van der Waals surface area contributed by atoms with Crippen LogP contribution in [0.5, 0.6) is 0 Å². The number of rotatable bonds is 4. The summed E-state index contributed by atoms with van der Waals surface area (Å²) in [6.45, 7) is 2.67. The van der Waals surface area contributed by atoms with Gasteiger partial charge < -0.3 is 14.6 Å². The zero-order valence-electron chi connectivity index (χ0n) is 10.7. The van der Waals surface area contributed by atoms with E-state index in [-0.39, 0.29) is 6.04 Å². The van der Waals surface area contributed by atoms with Crippen molar-refractivity contribution in [1.29, 1.82) is 0 Å². The van der Waals surface area contributed by atoms with E-state index in [1.807, 2.05) is 12.1 Å². The maximum absolute atomic E-state index is 5.46. The first-order valence-corrected chi connectivity index (χ1v) is 5.88. The average Bonchev–Trinajstić information content (AvgIpc) is 2.91. The number of likely N-dealkylation sites (N-methyl/N-ethyl adjacent to an activating group) is 2. The third-order valence-electron chi connectivity index (χ3n) is 3.01. The van der Waals surface area contributed by atoms with Crippen LogP contribution in [-0.2, 0) is 0 Å². The molecule has 0 aliphatic carbocycles. The first kappa shape index (κ1) is 12.0. The third kappa shape index (κ3) is 2.79. The maximum Gasteiger partial charge on any atom is 0.193 e. The molecule has 1 atom stereocenters. The molecule has 1 aliphatic heterocycles. The van der Waals surface area contributed by atoms with E-state index < -0.39 is 0 Å². The van der Waals surface area contributed by atoms with Crippen LogP contribution in [0.2, 0.25) is 0 Å². The molecule has 2 rings (SSSR count). The zero-order valence-corrected chi connectivity index (χ0v) is 10.7. The Kier molecular flexibility index (Phi) is 3.68. The molecule has 5 nitrogen and oxygen atoms in total. The van der Waals surface area contributed by atoms with Crippen LogP contribution in [0.25, 0.3) is 0 Å². The Bertz CT molecular complexity index is 372. The monoisotopic (exact) mass is 236 g/mol. The van der Waals surface area contributed by atoms with E-state index in [0.717, 1.165) is 31.4 Å². The SMILES string of the molecule is CN1CCN=C1NCC(c1ccco1)N(C)C. The molecule has 1 N–H and O–H groups in total. The lowest BCUT2D eigenvalue weighted by molar-refractivity contribution is 0.257. The molecular weight excluding hydrogens is 216 g/mol. The molecule has 0 amide bonds. The summed E-state index contributed by atoms with van der Waals surface area (Å²) in [5.41, 5.74) is 0. The van der Waals surface area contributed by atoms with Gasteiger partial charge >= 0.3 is 0 Å². The Hall–Kier alpha value is -1.49. The van der Waals surface area contributed by atoms with Crippen molar-refractivity contribution in [3.8, 4) is 0 Å². The molecule has 0 saturated heterocycles. The fourth-order valence-corrected chi connectivity index (χ4v) is 1.93. The molecule has 0 radical (unpaired) electrons. The van der Waals surface area contributed by atoms with E-state index in [1.165, 1.54) is 0 Å². The standard InChI is InChI=1S/C12H20N4O/c1-15(2)10(11-5-4-8-17-11)9-14-12-13-6-7-16(12)3/h4-5,8,10H,6-7,9H2,1-3H3,(H,13,14). The van der Waals surface area contributed by atoms with Crippen LogP contribution in [0.3, 0.4) is 0 Å². The molecule has 0 aromatic carbocycles. The Labute approximate surface area is 102 Å². The first-order valence-electron chi connectivity index (χ1n) is 5.88. The lowest BCUT2D eigenvalue weighted by atomic mass is 10.2. The average molecular weight is 236 g/mol. The highest BCUT2D eigenvalue weighted by atomic mass is 16.3. The lowest BCUT2D eigenvalue weighted by Crippen LogP contribution is -2.40. The highest BCUT2D eigenvalue weighted by Gasteiger charge is 2.19. The minimum Gasteiger partial charge on any atom is -0.468 e. The maximum atomic E-state index is 5.46. The van der Waals surface area contributed by atoms with Crippen molar-refractivity contribution in [2.24, 2.45) is 4.99 Å². The molecule has 1 aliphatic rings. The molecule has 1 aromatic heterocycles. The summed E-state index contributed by atoms with van der Waals surface area (Å²) < 4.78 is 5.46. The Balaban J connectivity index is 1.95. The van der Waals surface area contributed by atoms with E-state index in [1.54, 1.807) is 6.26 Å². The molecule has 0 bridgehead atoms. The van der Waals surface area contributed by atoms with E-state index in [4.69, 9.17) is 4.42 Å². The minimum atomic E-state index is 0.224. The first-order chi connectivity index (χ1) is 8.18. The molecule has 1 unspecified atom stereocenters. The second-order valence-electron chi connectivity index (χ2n) is 4.50. The summed E-state index contributed by atoms with van der Waals surface area (Å²) in [5, 5.41) is 3.38. The summed E-state index contributed by atoms with van der Waals surface area (Å²) in [6.07, 6.45) is 1.71. The Morgan fingerprint density at radius 3 is 2.94 bits per heavy atom. The van der Waals surface area contributed by atoms with Crippen LogP contribution in [0.4, 0.5) is 0 Å². The van der Waals surface area contributed by atoms with Crippen molar-refractivity contribution in [1.82, 2.24) is 15.1 Å². The fourth-order valence-electron chi connectivity index (χ4n) is 1.93. The van der Waals surface area contributed by atoms with Gasteiger partial charge in [-0.3, -0.25) is 9.89 Å². The molecule has 0 saturated carbocycles. The fraction of sp³-hybridized carbons (Fsp3) is 0.583. The number of nitrogens with one attached hydrogen (secondary N) is 1. The quantitative estimate of drug-likeness (QED) is 0.839. The summed E-state index contributed by atoms with van der Waals surface area (Å²) in [4.78, 5) is 8.69. The van der Waals surface area contributed by atoms with Gasteiger partial charge in [0, 0.05) is 20.1 Å². The van der Waals surface area contributed by atoms with Crippen molar-refractivity contribution in [2.45, 2.75) is 6.04 Å². The van der Waals surface area contributed by atoms with Gasteiger partial charge in [-0.25, -0.2) is 0 Å². The van der Waals surface area contributed by atoms with Crippen molar-refractivity contribution >= 4 is 5.96 Å². The van der Waals surface area contributed by atoms with Gasteiger partial charge in [-0.1, -0.05) is 0 Å². The molecule has 2 heterocycles. The van der Waals surface area contributed by atoms with E-state index in [0.29, 0.717) is 0 Å². The molecule has 0 fully saturated rings. The number of hydrogen-bond donors (Lipinski definition) is 1. The van der Waals surface area contributed by atoms with Gasteiger partial charge in [-0.15, -0.1) is 0 Å². The predicted molar refractivity (Wildman–Crippen MR) is 68.1 cm³/mol. The van der Waals surface area contributed by atoms with E-state index >= 15 is 0 Å². The van der Waals surface area contributed by atoms with E-state index in [9.17, 15) is 0 Å². The third-order valence-corrected chi connectivity index (χ3v) is 3.01. The number of guanidine groups is 1. The Morgan fingerprint density at radius 2 is 2.41 bits per heavy atom. The normalized spacial score (nSPS) is 17.4. The largest absolute Gasteiger partial charge is 0.468 e. The second kappa shape index (κ2) is 5.23. The summed E-state index contributed by atoms with van der Waals surface area (Å²) in [6, 6.07) is 4.15. The number of hydrogen-bond acceptors (Lipinski definition) is 5. The molecule has 94 valence electrons. The molecule has 1 aromatic rings. The van der Waals surface area contributed by atoms with Gasteiger partial charge in [0.25, 0.3) is 0 Å². The van der Waals surface area contributed by atoms with Crippen LogP contribution in [0, 0.1) is 0 Å². The Morgan fingerprint density at radius 1 is 1.59 bits per heavy atom. The molecular formula is C12H20N4O. The van der Waals surface area contributed by atoms with Crippen LogP contribution in [0.1, 0.15) is 11.8 Å². The van der Waals surface area contributed by atoms with E-state index in [2.05, 4.69) is 41.3 Å². The topological polar surface area (TPSA) is 44.0 Å². The van der Waals surface area contributed by atoms with Crippen LogP contribution >= 0.6 is 0 Å². The van der Waals surface area contributed by atoms with Crippen molar-refractivity contribution in [3.63, 3.8) is 0 Å². The summed E-state index contributed by atoms with van der Waals surface area (Å²) in [7, 11) is 6.15. The van der Waals surface area contributed by atoms with Gasteiger partial charge in [0.2, 0.25) is 0 Å². The number of aliphatic imine (C=N–C) groups is 1. The highest BCUT2D eigenvalue weighted by molar-refractivity contribution is 5.81. The minimum absolute atomic E-state index is 0.224. The van der Waals surface area contributed by atoms with Crippen molar-refractivity contribution < 1.29 is 4.42 Å². The van der Waals surface area contributed by atoms with Gasteiger partial charge in [0.1, 0.15) is 5.76 Å². The van der Waals surface area contributed by atoms with Crippen LogP contribution < -0.4 is 5.32 Å². The lowest BCUT2D eigenvalue weighted by Gasteiger charge is -2.24. The van der Waals surface area contributed by atoms with Gasteiger partial charge in [0.15, 0.2) is 5.96 Å². The molecule has 17 heavy (non-hydrogen) atoms. The summed E-state index contributed by atoms with van der Waals surface area (Å²) >= 11 is 0.